The zero-order valence-corrected chi connectivity index (χ0v) is 14.5. The second-order valence-electron chi connectivity index (χ2n) is 5.74. The van der Waals surface area contributed by atoms with Crippen LogP contribution in [-0.4, -0.2) is 32.6 Å². The fourth-order valence-electron chi connectivity index (χ4n) is 2.69. The molecule has 0 aliphatic heterocycles. The number of aromatic nitrogens is 3. The van der Waals surface area contributed by atoms with Gasteiger partial charge in [-0.05, 0) is 36.4 Å². The van der Waals surface area contributed by atoms with Crippen molar-refractivity contribution in [2.45, 2.75) is 6.54 Å². The van der Waals surface area contributed by atoms with E-state index in [2.05, 4.69) is 10.1 Å². The first-order chi connectivity index (χ1) is 12.2. The van der Waals surface area contributed by atoms with Crippen molar-refractivity contribution in [3.05, 3.63) is 77.6 Å². The molecular weight excluding hydrogens is 332 g/mol. The van der Waals surface area contributed by atoms with E-state index in [-0.39, 0.29) is 5.91 Å². The number of amides is 1. The Morgan fingerprint density at radius 2 is 2.04 bits per heavy atom. The number of benzene rings is 2. The van der Waals surface area contributed by atoms with Crippen LogP contribution in [0.2, 0.25) is 0 Å². The van der Waals surface area contributed by atoms with Gasteiger partial charge in [0.1, 0.15) is 5.01 Å². The number of fused-ring (bicyclic) bond motifs is 1. The van der Waals surface area contributed by atoms with Crippen LogP contribution in [-0.2, 0) is 6.54 Å². The molecule has 0 spiro atoms. The van der Waals surface area contributed by atoms with Gasteiger partial charge in [0.25, 0.3) is 5.91 Å². The van der Waals surface area contributed by atoms with Crippen LogP contribution in [0, 0.1) is 0 Å². The van der Waals surface area contributed by atoms with Gasteiger partial charge in [-0.25, -0.2) is 9.67 Å². The maximum atomic E-state index is 12.8. The van der Waals surface area contributed by atoms with Crippen LogP contribution in [0.25, 0.3) is 15.9 Å². The summed E-state index contributed by atoms with van der Waals surface area (Å²) >= 11 is 1.62. The molecule has 0 bridgehead atoms. The molecular formula is C19H16N4OS. The van der Waals surface area contributed by atoms with Crippen LogP contribution >= 0.6 is 11.3 Å². The number of thiazole rings is 1. The van der Waals surface area contributed by atoms with Crippen LogP contribution < -0.4 is 0 Å². The van der Waals surface area contributed by atoms with Crippen molar-refractivity contribution in [3.8, 4) is 5.69 Å². The number of nitrogens with zero attached hydrogens (tertiary/aromatic N) is 4. The second-order valence-corrected chi connectivity index (χ2v) is 6.85. The normalized spacial score (nSPS) is 10.9. The van der Waals surface area contributed by atoms with E-state index < -0.39 is 0 Å². The van der Waals surface area contributed by atoms with Gasteiger partial charge in [-0.1, -0.05) is 18.2 Å². The first-order valence-electron chi connectivity index (χ1n) is 7.91. The van der Waals surface area contributed by atoms with Gasteiger partial charge in [-0.3, -0.25) is 4.79 Å². The molecule has 4 rings (SSSR count). The van der Waals surface area contributed by atoms with Gasteiger partial charge in [-0.2, -0.15) is 5.10 Å². The van der Waals surface area contributed by atoms with Gasteiger partial charge in [-0.15, -0.1) is 11.3 Å². The number of carbonyl (C=O) groups excluding carboxylic acids is 1. The van der Waals surface area contributed by atoms with Gasteiger partial charge < -0.3 is 4.90 Å². The number of hydrogen-bond donors (Lipinski definition) is 0. The van der Waals surface area contributed by atoms with Crippen LogP contribution in [0.1, 0.15) is 15.4 Å². The highest BCUT2D eigenvalue weighted by atomic mass is 32.1. The van der Waals surface area contributed by atoms with Crippen molar-refractivity contribution < 1.29 is 4.79 Å². The number of para-hydroxylation sites is 1. The Balaban J connectivity index is 1.55. The highest BCUT2D eigenvalue weighted by molar-refractivity contribution is 7.18. The molecule has 2 heterocycles. The molecule has 5 nitrogen and oxygen atoms in total. The zero-order valence-electron chi connectivity index (χ0n) is 13.7. The van der Waals surface area contributed by atoms with Crippen molar-refractivity contribution >= 4 is 27.5 Å². The predicted molar refractivity (Wildman–Crippen MR) is 99.0 cm³/mol. The monoisotopic (exact) mass is 348 g/mol. The lowest BCUT2D eigenvalue weighted by Crippen LogP contribution is -2.26. The topological polar surface area (TPSA) is 51.0 Å². The average molecular weight is 348 g/mol. The fraction of sp³-hybridized carbons (Fsp3) is 0.105. The minimum Gasteiger partial charge on any atom is -0.335 e. The maximum absolute atomic E-state index is 12.8. The Bertz CT molecular complexity index is 990. The van der Waals surface area contributed by atoms with Crippen molar-refractivity contribution in [2.24, 2.45) is 0 Å². The van der Waals surface area contributed by atoms with E-state index >= 15 is 0 Å². The third-order valence-electron chi connectivity index (χ3n) is 3.92. The van der Waals surface area contributed by atoms with Gasteiger partial charge in [0.2, 0.25) is 0 Å². The minimum atomic E-state index is -0.0340. The molecule has 2 aromatic heterocycles. The Labute approximate surface area is 149 Å². The molecule has 2 aromatic carbocycles. The molecule has 1 amide bonds. The molecule has 0 fully saturated rings. The van der Waals surface area contributed by atoms with Crippen molar-refractivity contribution in [1.29, 1.82) is 0 Å². The summed E-state index contributed by atoms with van der Waals surface area (Å²) < 4.78 is 2.88. The fourth-order valence-corrected chi connectivity index (χ4v) is 3.71. The molecule has 0 atom stereocenters. The van der Waals surface area contributed by atoms with Gasteiger partial charge in [0, 0.05) is 25.0 Å². The van der Waals surface area contributed by atoms with E-state index in [9.17, 15) is 4.79 Å². The smallest absolute Gasteiger partial charge is 0.254 e. The second kappa shape index (κ2) is 6.49. The van der Waals surface area contributed by atoms with E-state index in [1.807, 2.05) is 60.8 Å². The maximum Gasteiger partial charge on any atom is 0.254 e. The summed E-state index contributed by atoms with van der Waals surface area (Å²) in [6.45, 7) is 0.490. The van der Waals surface area contributed by atoms with E-state index in [0.717, 1.165) is 20.9 Å². The van der Waals surface area contributed by atoms with Crippen LogP contribution in [0.4, 0.5) is 0 Å². The molecule has 124 valence electrons. The molecule has 4 aromatic rings. The predicted octanol–water partition coefficient (Wildman–Crippen LogP) is 3.75. The summed E-state index contributed by atoms with van der Waals surface area (Å²) in [5.41, 5.74) is 2.48. The molecule has 0 aliphatic rings. The largest absolute Gasteiger partial charge is 0.335 e. The summed E-state index contributed by atoms with van der Waals surface area (Å²) in [5, 5.41) is 5.14. The SMILES string of the molecule is CN(Cc1nc2ccccc2s1)C(=O)c1cccc(-n2cccn2)c1. The van der Waals surface area contributed by atoms with Gasteiger partial charge in [0.05, 0.1) is 22.4 Å². The van der Waals surface area contributed by atoms with Gasteiger partial charge in [0.15, 0.2) is 0 Å². The summed E-state index contributed by atoms with van der Waals surface area (Å²) in [5.74, 6) is -0.0340. The first kappa shape index (κ1) is 15.5. The Hall–Kier alpha value is -2.99. The molecule has 0 N–H and O–H groups in total. The Morgan fingerprint density at radius 1 is 1.16 bits per heavy atom. The molecule has 0 saturated carbocycles. The average Bonchev–Trinajstić information content (AvgIpc) is 3.30. The Kier molecular flexibility index (Phi) is 4.03. The number of carbonyl (C=O) groups is 1. The molecule has 0 aliphatic carbocycles. The molecule has 0 unspecified atom stereocenters. The van der Waals surface area contributed by atoms with Crippen molar-refractivity contribution in [3.63, 3.8) is 0 Å². The van der Waals surface area contributed by atoms with Crippen LogP contribution in [0.5, 0.6) is 0 Å². The lowest BCUT2D eigenvalue weighted by Gasteiger charge is -2.16. The van der Waals surface area contributed by atoms with Crippen molar-refractivity contribution in [2.75, 3.05) is 7.05 Å². The zero-order chi connectivity index (χ0) is 17.2. The van der Waals surface area contributed by atoms with E-state index in [1.165, 1.54) is 0 Å². The highest BCUT2D eigenvalue weighted by Gasteiger charge is 2.15. The lowest BCUT2D eigenvalue weighted by molar-refractivity contribution is 0.0785. The molecule has 0 saturated heterocycles. The number of rotatable bonds is 4. The van der Waals surface area contributed by atoms with Crippen LogP contribution in [0.15, 0.2) is 67.0 Å². The van der Waals surface area contributed by atoms with E-state index in [0.29, 0.717) is 12.1 Å². The summed E-state index contributed by atoms with van der Waals surface area (Å²) in [4.78, 5) is 19.1. The van der Waals surface area contributed by atoms with Crippen molar-refractivity contribution in [1.82, 2.24) is 19.7 Å². The quantitative estimate of drug-likeness (QED) is 0.564. The number of hydrogen-bond acceptors (Lipinski definition) is 4. The van der Waals surface area contributed by atoms with Crippen LogP contribution in [0.3, 0.4) is 0 Å². The summed E-state index contributed by atoms with van der Waals surface area (Å²) in [6, 6.07) is 17.3. The standard InChI is InChI=1S/C19H16N4OS/c1-22(13-18-21-16-8-2-3-9-17(16)25-18)19(24)14-6-4-7-15(12-14)23-11-5-10-20-23/h2-12H,13H2,1H3. The summed E-state index contributed by atoms with van der Waals surface area (Å²) in [6.07, 6.45) is 3.57. The van der Waals surface area contributed by atoms with E-state index in [4.69, 9.17) is 0 Å². The molecule has 0 radical (unpaired) electrons. The van der Waals surface area contributed by atoms with Gasteiger partial charge >= 0.3 is 0 Å². The molecule has 25 heavy (non-hydrogen) atoms. The minimum absolute atomic E-state index is 0.0340. The van der Waals surface area contributed by atoms with E-state index in [1.54, 1.807) is 34.2 Å². The summed E-state index contributed by atoms with van der Waals surface area (Å²) in [7, 11) is 1.80. The Morgan fingerprint density at radius 3 is 2.84 bits per heavy atom. The third-order valence-corrected chi connectivity index (χ3v) is 4.94. The highest BCUT2D eigenvalue weighted by Crippen LogP contribution is 2.23. The third kappa shape index (κ3) is 3.16. The lowest BCUT2D eigenvalue weighted by atomic mass is 10.2. The molecule has 6 heteroatoms. The first-order valence-corrected chi connectivity index (χ1v) is 8.72.